The van der Waals surface area contributed by atoms with E-state index in [1.165, 1.54) is 18.9 Å². The molecule has 1 saturated heterocycles. The molecule has 0 aliphatic carbocycles. The summed E-state index contributed by atoms with van der Waals surface area (Å²) in [6, 6.07) is 5.27. The first-order valence-corrected chi connectivity index (χ1v) is 7.32. The minimum Gasteiger partial charge on any atom is -0.504 e. The second kappa shape index (κ2) is 6.28. The first-order valence-electron chi connectivity index (χ1n) is 6.10. The van der Waals surface area contributed by atoms with Crippen molar-refractivity contribution < 1.29 is 14.6 Å². The fourth-order valence-electron chi connectivity index (χ4n) is 1.92. The topological polar surface area (TPSA) is 58.6 Å². The Morgan fingerprint density at radius 2 is 2.25 bits per heavy atom. The van der Waals surface area contributed by atoms with Crippen LogP contribution in [0.2, 0.25) is 0 Å². The highest BCUT2D eigenvalue weighted by molar-refractivity contribution is 8.26. The van der Waals surface area contributed by atoms with Crippen molar-refractivity contribution in [3.63, 3.8) is 0 Å². The molecule has 106 valence electrons. The Morgan fingerprint density at radius 3 is 2.85 bits per heavy atom. The molecular formula is C14H15NO3S2. The normalized spacial score (nSPS) is 17.1. The van der Waals surface area contributed by atoms with Crippen LogP contribution >= 0.6 is 24.0 Å². The Bertz CT molecular complexity index is 596. The lowest BCUT2D eigenvalue weighted by Gasteiger charge is -2.07. The number of aryl methyl sites for hydroxylation is 1. The fraction of sp³-hybridized carbons (Fsp3) is 0.286. The molecule has 0 saturated carbocycles. The highest BCUT2D eigenvalue weighted by Crippen LogP contribution is 2.30. The number of carbonyl (C=O) groups excluding carboxylic acids is 1. The zero-order valence-corrected chi connectivity index (χ0v) is 12.9. The van der Waals surface area contributed by atoms with E-state index in [4.69, 9.17) is 17.0 Å². The van der Waals surface area contributed by atoms with Crippen LogP contribution in [0.5, 0.6) is 11.5 Å². The van der Waals surface area contributed by atoms with Crippen LogP contribution in [0.25, 0.3) is 0 Å². The van der Waals surface area contributed by atoms with Crippen molar-refractivity contribution in [2.24, 2.45) is 0 Å². The van der Waals surface area contributed by atoms with Gasteiger partial charge in [-0.25, -0.2) is 0 Å². The van der Waals surface area contributed by atoms with E-state index in [1.54, 1.807) is 12.1 Å². The third-order valence-electron chi connectivity index (χ3n) is 3.04. The second-order valence-corrected chi connectivity index (χ2v) is 6.15. The molecule has 0 atom stereocenters. The van der Waals surface area contributed by atoms with Gasteiger partial charge in [0.25, 0.3) is 5.91 Å². The van der Waals surface area contributed by atoms with Crippen molar-refractivity contribution in [3.8, 4) is 11.5 Å². The van der Waals surface area contributed by atoms with Gasteiger partial charge in [-0.2, -0.15) is 0 Å². The molecule has 1 amide bonds. The standard InChI is InChI=1S/C14H15NO3S2/c1-8(12-13(17)15-14(19)20-12)3-4-9-5-6-10(16)11(7-9)18-2/h5-7,16H,3-4H2,1-2H3,(H,15,17,19). The van der Waals surface area contributed by atoms with Crippen molar-refractivity contribution in [2.45, 2.75) is 19.8 Å². The number of ether oxygens (including phenoxy) is 1. The maximum atomic E-state index is 11.7. The lowest BCUT2D eigenvalue weighted by molar-refractivity contribution is -0.115. The quantitative estimate of drug-likeness (QED) is 0.661. The van der Waals surface area contributed by atoms with Gasteiger partial charge >= 0.3 is 0 Å². The van der Waals surface area contributed by atoms with Gasteiger partial charge < -0.3 is 15.2 Å². The molecule has 0 aromatic heterocycles. The fourth-order valence-corrected chi connectivity index (χ4v) is 3.01. The van der Waals surface area contributed by atoms with E-state index >= 15 is 0 Å². The summed E-state index contributed by atoms with van der Waals surface area (Å²) in [4.78, 5) is 12.3. The molecule has 1 aromatic carbocycles. The molecule has 2 rings (SSSR count). The number of nitrogens with one attached hydrogen (secondary N) is 1. The Kier molecular flexibility index (Phi) is 4.67. The van der Waals surface area contributed by atoms with Crippen LogP contribution in [0, 0.1) is 0 Å². The summed E-state index contributed by atoms with van der Waals surface area (Å²) in [5.41, 5.74) is 2.06. The molecule has 1 fully saturated rings. The number of phenols is 1. The Hall–Kier alpha value is -1.53. The molecule has 0 spiro atoms. The highest BCUT2D eigenvalue weighted by atomic mass is 32.2. The second-order valence-electron chi connectivity index (χ2n) is 4.46. The molecule has 4 nitrogen and oxygen atoms in total. The molecule has 1 aromatic rings. The van der Waals surface area contributed by atoms with Gasteiger partial charge in [0, 0.05) is 0 Å². The lowest BCUT2D eigenvalue weighted by atomic mass is 10.0. The number of thioether (sulfide) groups is 1. The van der Waals surface area contributed by atoms with Crippen LogP contribution in [-0.4, -0.2) is 22.4 Å². The Balaban J connectivity index is 2.07. The third kappa shape index (κ3) is 3.32. The van der Waals surface area contributed by atoms with E-state index in [-0.39, 0.29) is 11.7 Å². The van der Waals surface area contributed by atoms with Crippen molar-refractivity contribution in [2.75, 3.05) is 7.11 Å². The number of rotatable bonds is 4. The first-order chi connectivity index (χ1) is 9.51. The van der Waals surface area contributed by atoms with Gasteiger partial charge in [0.15, 0.2) is 11.5 Å². The molecule has 0 bridgehead atoms. The van der Waals surface area contributed by atoms with Crippen LogP contribution in [0.4, 0.5) is 0 Å². The summed E-state index contributed by atoms with van der Waals surface area (Å²) in [7, 11) is 1.52. The molecule has 1 heterocycles. The number of phenolic OH excluding ortho intramolecular Hbond substituents is 1. The van der Waals surface area contributed by atoms with Crippen LogP contribution in [0.1, 0.15) is 18.9 Å². The summed E-state index contributed by atoms with van der Waals surface area (Å²) >= 11 is 6.28. The Labute approximate surface area is 127 Å². The molecule has 20 heavy (non-hydrogen) atoms. The average molecular weight is 309 g/mol. The van der Waals surface area contributed by atoms with E-state index in [0.717, 1.165) is 24.0 Å². The van der Waals surface area contributed by atoms with Crippen molar-refractivity contribution in [1.29, 1.82) is 0 Å². The average Bonchev–Trinajstić information content (AvgIpc) is 2.76. The van der Waals surface area contributed by atoms with Crippen molar-refractivity contribution in [3.05, 3.63) is 34.2 Å². The number of aromatic hydroxyl groups is 1. The van der Waals surface area contributed by atoms with E-state index in [2.05, 4.69) is 5.32 Å². The maximum Gasteiger partial charge on any atom is 0.263 e. The molecule has 2 N–H and O–H groups in total. The van der Waals surface area contributed by atoms with Gasteiger partial charge in [0.1, 0.15) is 4.32 Å². The van der Waals surface area contributed by atoms with Gasteiger partial charge in [-0.1, -0.05) is 35.6 Å². The van der Waals surface area contributed by atoms with Gasteiger partial charge in [0.2, 0.25) is 0 Å². The minimum absolute atomic E-state index is 0.110. The maximum absolute atomic E-state index is 11.7. The van der Waals surface area contributed by atoms with Gasteiger partial charge in [-0.05, 0) is 37.5 Å². The number of thiocarbonyl (C=S) groups is 1. The summed E-state index contributed by atoms with van der Waals surface area (Å²) in [5, 5.41) is 12.2. The lowest BCUT2D eigenvalue weighted by Crippen LogP contribution is -2.18. The third-order valence-corrected chi connectivity index (χ3v) is 4.41. The monoisotopic (exact) mass is 309 g/mol. The largest absolute Gasteiger partial charge is 0.504 e. The van der Waals surface area contributed by atoms with Crippen LogP contribution < -0.4 is 10.1 Å². The zero-order valence-electron chi connectivity index (χ0n) is 11.2. The van der Waals surface area contributed by atoms with Gasteiger partial charge in [-0.15, -0.1) is 0 Å². The molecule has 0 radical (unpaired) electrons. The van der Waals surface area contributed by atoms with Crippen LogP contribution in [-0.2, 0) is 11.2 Å². The smallest absolute Gasteiger partial charge is 0.263 e. The predicted molar refractivity (Wildman–Crippen MR) is 84.0 cm³/mol. The van der Waals surface area contributed by atoms with E-state index < -0.39 is 0 Å². The first kappa shape index (κ1) is 14.9. The van der Waals surface area contributed by atoms with E-state index in [9.17, 15) is 9.90 Å². The molecule has 1 aliphatic rings. The van der Waals surface area contributed by atoms with Crippen LogP contribution in [0.15, 0.2) is 28.7 Å². The number of allylic oxidation sites excluding steroid dienone is 1. The van der Waals surface area contributed by atoms with Gasteiger partial charge in [-0.3, -0.25) is 4.79 Å². The molecule has 6 heteroatoms. The summed E-state index contributed by atoms with van der Waals surface area (Å²) in [5.74, 6) is 0.477. The SMILES string of the molecule is COc1cc(CCC(C)=C2SC(=S)NC2=O)ccc1O. The molecule has 0 unspecified atom stereocenters. The number of amides is 1. The minimum atomic E-state index is -0.110. The number of benzene rings is 1. The number of carbonyl (C=O) groups is 1. The predicted octanol–water partition coefficient (Wildman–Crippen LogP) is 2.76. The molecule has 1 aliphatic heterocycles. The van der Waals surface area contributed by atoms with E-state index in [1.807, 2.05) is 13.0 Å². The Morgan fingerprint density at radius 1 is 1.50 bits per heavy atom. The summed E-state index contributed by atoms with van der Waals surface area (Å²) in [6.45, 7) is 1.94. The molecular weight excluding hydrogens is 294 g/mol. The van der Waals surface area contributed by atoms with Crippen molar-refractivity contribution >= 4 is 34.2 Å². The highest BCUT2D eigenvalue weighted by Gasteiger charge is 2.24. The number of hydrogen-bond acceptors (Lipinski definition) is 5. The summed E-state index contributed by atoms with van der Waals surface area (Å²) in [6.07, 6.45) is 1.53. The number of methoxy groups -OCH3 is 1. The summed E-state index contributed by atoms with van der Waals surface area (Å²) < 4.78 is 5.59. The van der Waals surface area contributed by atoms with Crippen molar-refractivity contribution in [1.82, 2.24) is 5.32 Å². The number of hydrogen-bond donors (Lipinski definition) is 2. The van der Waals surface area contributed by atoms with E-state index in [0.29, 0.717) is 15.0 Å². The van der Waals surface area contributed by atoms with Crippen LogP contribution in [0.3, 0.4) is 0 Å². The zero-order chi connectivity index (χ0) is 14.7. The van der Waals surface area contributed by atoms with Gasteiger partial charge in [0.05, 0.1) is 12.0 Å².